The predicted octanol–water partition coefficient (Wildman–Crippen LogP) is 3.77. The highest BCUT2D eigenvalue weighted by molar-refractivity contribution is 6.05. The van der Waals surface area contributed by atoms with Crippen molar-refractivity contribution in [3.05, 3.63) is 53.2 Å². The van der Waals surface area contributed by atoms with Crippen molar-refractivity contribution in [3.63, 3.8) is 0 Å². The van der Waals surface area contributed by atoms with Crippen LogP contribution < -0.4 is 10.1 Å². The highest BCUT2D eigenvalue weighted by Crippen LogP contribution is 2.19. The molecule has 1 aromatic carbocycles. The summed E-state index contributed by atoms with van der Waals surface area (Å²) in [4.78, 5) is 30.4. The second-order valence-corrected chi connectivity index (χ2v) is 6.58. The molecule has 6 nitrogen and oxygen atoms in total. The molecule has 2 rings (SSSR count). The summed E-state index contributed by atoms with van der Waals surface area (Å²) in [5.74, 6) is -0.560. The Morgan fingerprint density at radius 3 is 2.50 bits per heavy atom. The number of benzene rings is 1. The van der Waals surface area contributed by atoms with Gasteiger partial charge in [-0.15, -0.1) is 0 Å². The van der Waals surface area contributed by atoms with E-state index in [1.807, 2.05) is 20.8 Å². The minimum absolute atomic E-state index is 0.0109. The van der Waals surface area contributed by atoms with Crippen molar-refractivity contribution < 1.29 is 23.1 Å². The van der Waals surface area contributed by atoms with E-state index >= 15 is 0 Å². The summed E-state index contributed by atoms with van der Waals surface area (Å²) in [5.41, 5.74) is 2.01. The largest absolute Gasteiger partial charge is 0.472 e. The highest BCUT2D eigenvalue weighted by atomic mass is 19.3. The van der Waals surface area contributed by atoms with Crippen molar-refractivity contribution in [2.45, 2.75) is 33.2 Å². The summed E-state index contributed by atoms with van der Waals surface area (Å²) < 4.78 is 29.1. The van der Waals surface area contributed by atoms with Crippen LogP contribution in [-0.2, 0) is 0 Å². The molecule has 0 bridgehead atoms. The molecule has 0 aliphatic carbocycles. The third kappa shape index (κ3) is 5.48. The Morgan fingerprint density at radius 1 is 1.21 bits per heavy atom. The van der Waals surface area contributed by atoms with Crippen LogP contribution in [-0.4, -0.2) is 47.8 Å². The van der Waals surface area contributed by atoms with Crippen LogP contribution >= 0.6 is 0 Å². The summed E-state index contributed by atoms with van der Waals surface area (Å²) in [6, 6.07) is 7.91. The molecular weight excluding hydrogens is 368 g/mol. The van der Waals surface area contributed by atoms with Gasteiger partial charge >= 0.3 is 0 Å². The van der Waals surface area contributed by atoms with E-state index in [4.69, 9.17) is 4.74 Å². The number of carbonyl (C=O) groups excluding carboxylic acids is 2. The van der Waals surface area contributed by atoms with E-state index in [0.717, 1.165) is 5.56 Å². The molecule has 0 fully saturated rings. The van der Waals surface area contributed by atoms with Crippen molar-refractivity contribution in [1.29, 1.82) is 0 Å². The second kappa shape index (κ2) is 9.25. The number of alkyl halides is 2. The van der Waals surface area contributed by atoms with Crippen molar-refractivity contribution >= 4 is 17.5 Å². The van der Waals surface area contributed by atoms with E-state index in [9.17, 15) is 18.4 Å². The van der Waals surface area contributed by atoms with Crippen molar-refractivity contribution in [2.24, 2.45) is 0 Å². The number of halogens is 2. The van der Waals surface area contributed by atoms with Crippen LogP contribution in [0.4, 0.5) is 14.5 Å². The minimum Gasteiger partial charge on any atom is -0.472 e. The lowest BCUT2D eigenvalue weighted by molar-refractivity contribution is 0.0753. The van der Waals surface area contributed by atoms with E-state index in [2.05, 4.69) is 10.3 Å². The normalized spacial score (nSPS) is 10.9. The van der Waals surface area contributed by atoms with Crippen LogP contribution in [0.3, 0.4) is 0 Å². The average molecular weight is 391 g/mol. The molecule has 0 radical (unpaired) electrons. The fraction of sp³-hybridized carbons (Fsp3) is 0.350. The van der Waals surface area contributed by atoms with Crippen LogP contribution in [0.15, 0.2) is 36.5 Å². The number of ether oxygens (including phenoxy) is 1. The molecule has 28 heavy (non-hydrogen) atoms. The van der Waals surface area contributed by atoms with Crippen LogP contribution in [0, 0.1) is 6.92 Å². The standard InChI is InChI=1S/C20H23F2N3O3/c1-12(2)25(4)20(27)16-9-15(7-5-13(16)3)24-19(26)14-6-8-18(23-10-14)28-11-17(21)22/h5-10,12,17H,11H2,1-4H3,(H,24,26). The molecule has 8 heteroatoms. The molecule has 1 N–H and O–H groups in total. The van der Waals surface area contributed by atoms with Gasteiger partial charge in [-0.1, -0.05) is 6.07 Å². The van der Waals surface area contributed by atoms with Gasteiger partial charge in [0, 0.05) is 36.6 Å². The number of anilines is 1. The SMILES string of the molecule is Cc1ccc(NC(=O)c2ccc(OCC(F)F)nc2)cc1C(=O)N(C)C(C)C. The molecule has 2 amide bonds. The number of nitrogens with zero attached hydrogens (tertiary/aromatic N) is 2. The summed E-state index contributed by atoms with van der Waals surface area (Å²) >= 11 is 0. The molecule has 0 aliphatic rings. The van der Waals surface area contributed by atoms with E-state index in [1.165, 1.54) is 18.3 Å². The Morgan fingerprint density at radius 2 is 1.93 bits per heavy atom. The zero-order valence-electron chi connectivity index (χ0n) is 16.2. The lowest BCUT2D eigenvalue weighted by Crippen LogP contribution is -2.33. The molecule has 0 aliphatic heterocycles. The number of nitrogens with one attached hydrogen (secondary N) is 1. The number of rotatable bonds is 7. The topological polar surface area (TPSA) is 71.5 Å². The molecule has 0 saturated carbocycles. The number of hydrogen-bond donors (Lipinski definition) is 1. The van der Waals surface area contributed by atoms with Crippen molar-refractivity contribution in [2.75, 3.05) is 19.0 Å². The van der Waals surface area contributed by atoms with E-state index in [1.54, 1.807) is 30.1 Å². The molecule has 0 spiro atoms. The van der Waals surface area contributed by atoms with Gasteiger partial charge in [0.2, 0.25) is 5.88 Å². The third-order valence-electron chi connectivity index (χ3n) is 4.18. The third-order valence-corrected chi connectivity index (χ3v) is 4.18. The van der Waals surface area contributed by atoms with Gasteiger partial charge in [0.1, 0.15) is 0 Å². The molecule has 1 heterocycles. The summed E-state index contributed by atoms with van der Waals surface area (Å²) in [6.07, 6.45) is -1.36. The number of hydrogen-bond acceptors (Lipinski definition) is 4. The van der Waals surface area contributed by atoms with Gasteiger partial charge in [0.25, 0.3) is 18.2 Å². The molecule has 1 aromatic heterocycles. The molecule has 150 valence electrons. The molecule has 2 aromatic rings. The fourth-order valence-electron chi connectivity index (χ4n) is 2.31. The van der Waals surface area contributed by atoms with Gasteiger partial charge in [0.05, 0.1) is 5.56 Å². The van der Waals surface area contributed by atoms with E-state index in [0.29, 0.717) is 11.3 Å². The zero-order valence-corrected chi connectivity index (χ0v) is 16.2. The van der Waals surface area contributed by atoms with Crippen molar-refractivity contribution in [3.8, 4) is 5.88 Å². The van der Waals surface area contributed by atoms with E-state index in [-0.39, 0.29) is 23.4 Å². The minimum atomic E-state index is -2.60. The fourth-order valence-corrected chi connectivity index (χ4v) is 2.31. The number of aryl methyl sites for hydroxylation is 1. The first-order valence-corrected chi connectivity index (χ1v) is 8.75. The summed E-state index contributed by atoms with van der Waals surface area (Å²) in [7, 11) is 1.72. The van der Waals surface area contributed by atoms with Crippen LogP contribution in [0.2, 0.25) is 0 Å². The van der Waals surface area contributed by atoms with Crippen molar-refractivity contribution in [1.82, 2.24) is 9.88 Å². The quantitative estimate of drug-likeness (QED) is 0.780. The molecule has 0 saturated heterocycles. The molecule has 0 atom stereocenters. The first-order valence-electron chi connectivity index (χ1n) is 8.75. The Labute approximate surface area is 162 Å². The Bertz CT molecular complexity index is 839. The number of amides is 2. The Hall–Kier alpha value is -3.03. The maximum absolute atomic E-state index is 12.6. The first kappa shape index (κ1) is 21.3. The number of aromatic nitrogens is 1. The van der Waals surface area contributed by atoms with Crippen LogP contribution in [0.1, 0.15) is 40.1 Å². The average Bonchev–Trinajstić information content (AvgIpc) is 2.66. The lowest BCUT2D eigenvalue weighted by Gasteiger charge is -2.22. The molecule has 0 unspecified atom stereocenters. The van der Waals surface area contributed by atoms with Gasteiger partial charge in [-0.25, -0.2) is 13.8 Å². The first-order chi connectivity index (χ1) is 13.2. The van der Waals surface area contributed by atoms with Gasteiger partial charge in [0.15, 0.2) is 6.61 Å². The number of pyridine rings is 1. The maximum Gasteiger partial charge on any atom is 0.272 e. The summed E-state index contributed by atoms with van der Waals surface area (Å²) in [6.45, 7) is 4.90. The van der Waals surface area contributed by atoms with E-state index < -0.39 is 18.9 Å². The van der Waals surface area contributed by atoms with Gasteiger partial charge in [-0.3, -0.25) is 9.59 Å². The van der Waals surface area contributed by atoms with Gasteiger partial charge < -0.3 is 15.0 Å². The van der Waals surface area contributed by atoms with Gasteiger partial charge in [-0.05, 0) is 44.5 Å². The smallest absolute Gasteiger partial charge is 0.272 e. The molecular formula is C20H23F2N3O3. The lowest BCUT2D eigenvalue weighted by atomic mass is 10.1. The Kier molecular flexibility index (Phi) is 7.03. The van der Waals surface area contributed by atoms with Crippen LogP contribution in [0.25, 0.3) is 0 Å². The summed E-state index contributed by atoms with van der Waals surface area (Å²) in [5, 5.41) is 2.71. The maximum atomic E-state index is 12.6. The monoisotopic (exact) mass is 391 g/mol. The van der Waals surface area contributed by atoms with Gasteiger partial charge in [-0.2, -0.15) is 0 Å². The Balaban J connectivity index is 2.11. The predicted molar refractivity (Wildman–Crippen MR) is 102 cm³/mol. The highest BCUT2D eigenvalue weighted by Gasteiger charge is 2.17. The number of carbonyl (C=O) groups is 2. The second-order valence-electron chi connectivity index (χ2n) is 6.58. The zero-order chi connectivity index (χ0) is 20.8. The van der Waals surface area contributed by atoms with Crippen LogP contribution in [0.5, 0.6) is 5.88 Å².